The standard InChI is InChI=1S/C20H22N2O4/c1-3-26-18-10-5-4-9-17(18)20(24)21-14-11-19(23)22(13-14)15-7-6-8-16(12-15)25-2/h4-10,12,14H,3,11,13H2,1-2H3,(H,21,24)/t14-/m1/s1. The maximum absolute atomic E-state index is 12.6. The molecular formula is C20H22N2O4. The second kappa shape index (κ2) is 7.91. The van der Waals surface area contributed by atoms with Gasteiger partial charge in [-0.05, 0) is 31.2 Å². The smallest absolute Gasteiger partial charge is 0.255 e. The van der Waals surface area contributed by atoms with Crippen molar-refractivity contribution in [2.45, 2.75) is 19.4 Å². The molecular weight excluding hydrogens is 332 g/mol. The molecule has 1 N–H and O–H groups in total. The predicted octanol–water partition coefficient (Wildman–Crippen LogP) is 2.63. The molecule has 6 nitrogen and oxygen atoms in total. The van der Waals surface area contributed by atoms with Crippen molar-refractivity contribution in [3.8, 4) is 11.5 Å². The number of hydrogen-bond acceptors (Lipinski definition) is 4. The number of methoxy groups -OCH3 is 1. The SMILES string of the molecule is CCOc1ccccc1C(=O)N[C@@H]1CC(=O)N(c2cccc(OC)c2)C1. The molecule has 2 amide bonds. The molecule has 0 radical (unpaired) electrons. The molecule has 0 saturated carbocycles. The third-order valence-corrected chi connectivity index (χ3v) is 4.26. The first-order valence-electron chi connectivity index (χ1n) is 8.59. The summed E-state index contributed by atoms with van der Waals surface area (Å²) >= 11 is 0. The number of hydrogen-bond donors (Lipinski definition) is 1. The molecule has 0 bridgehead atoms. The second-order valence-corrected chi connectivity index (χ2v) is 6.01. The summed E-state index contributed by atoms with van der Waals surface area (Å²) in [5.74, 6) is 0.968. The Morgan fingerprint density at radius 1 is 1.23 bits per heavy atom. The average Bonchev–Trinajstić information content (AvgIpc) is 3.02. The highest BCUT2D eigenvalue weighted by Crippen LogP contribution is 2.26. The van der Waals surface area contributed by atoms with Gasteiger partial charge in [-0.1, -0.05) is 18.2 Å². The maximum atomic E-state index is 12.6. The summed E-state index contributed by atoms with van der Waals surface area (Å²) in [5.41, 5.74) is 1.24. The molecule has 6 heteroatoms. The van der Waals surface area contributed by atoms with E-state index in [1.54, 1.807) is 30.2 Å². The lowest BCUT2D eigenvalue weighted by Crippen LogP contribution is -2.37. The monoisotopic (exact) mass is 354 g/mol. The summed E-state index contributed by atoms with van der Waals surface area (Å²) < 4.78 is 10.7. The van der Waals surface area contributed by atoms with Gasteiger partial charge in [0.1, 0.15) is 11.5 Å². The van der Waals surface area contributed by atoms with Gasteiger partial charge in [-0.25, -0.2) is 0 Å². The summed E-state index contributed by atoms with van der Waals surface area (Å²) in [5, 5.41) is 2.94. The first-order valence-corrected chi connectivity index (χ1v) is 8.59. The van der Waals surface area contributed by atoms with E-state index in [0.717, 1.165) is 5.69 Å². The van der Waals surface area contributed by atoms with E-state index in [-0.39, 0.29) is 24.3 Å². The molecule has 26 heavy (non-hydrogen) atoms. The van der Waals surface area contributed by atoms with Crippen LogP contribution in [-0.4, -0.2) is 38.1 Å². The van der Waals surface area contributed by atoms with Crippen molar-refractivity contribution in [3.05, 3.63) is 54.1 Å². The Bertz CT molecular complexity index is 806. The number of nitrogens with one attached hydrogen (secondary N) is 1. The Balaban J connectivity index is 1.70. The van der Waals surface area contributed by atoms with Gasteiger partial charge in [-0.3, -0.25) is 9.59 Å². The quantitative estimate of drug-likeness (QED) is 0.866. The minimum atomic E-state index is -0.254. The van der Waals surface area contributed by atoms with Crippen LogP contribution < -0.4 is 19.7 Å². The van der Waals surface area contributed by atoms with Crippen LogP contribution in [0.4, 0.5) is 5.69 Å². The van der Waals surface area contributed by atoms with Crippen LogP contribution in [0, 0.1) is 0 Å². The number of benzene rings is 2. The Morgan fingerprint density at radius 3 is 2.81 bits per heavy atom. The number of nitrogens with zero attached hydrogens (tertiary/aromatic N) is 1. The van der Waals surface area contributed by atoms with E-state index in [1.807, 2.05) is 37.3 Å². The van der Waals surface area contributed by atoms with Gasteiger partial charge in [0, 0.05) is 24.7 Å². The molecule has 2 aromatic rings. The van der Waals surface area contributed by atoms with Gasteiger partial charge in [-0.2, -0.15) is 0 Å². The molecule has 1 saturated heterocycles. The van der Waals surface area contributed by atoms with Crippen molar-refractivity contribution in [3.63, 3.8) is 0 Å². The van der Waals surface area contributed by atoms with Crippen LogP contribution in [0.1, 0.15) is 23.7 Å². The van der Waals surface area contributed by atoms with Gasteiger partial charge < -0.3 is 19.7 Å². The Kier molecular flexibility index (Phi) is 5.41. The zero-order valence-electron chi connectivity index (χ0n) is 14.9. The highest BCUT2D eigenvalue weighted by atomic mass is 16.5. The summed E-state index contributed by atoms with van der Waals surface area (Å²) in [6.07, 6.45) is 0.264. The van der Waals surface area contributed by atoms with Crippen molar-refractivity contribution < 1.29 is 19.1 Å². The first-order chi connectivity index (χ1) is 12.6. The lowest BCUT2D eigenvalue weighted by atomic mass is 10.1. The second-order valence-electron chi connectivity index (χ2n) is 6.01. The summed E-state index contributed by atoms with van der Waals surface area (Å²) in [6.45, 7) is 2.78. The fraction of sp³-hybridized carbons (Fsp3) is 0.300. The Morgan fingerprint density at radius 2 is 2.04 bits per heavy atom. The van der Waals surface area contributed by atoms with Crippen molar-refractivity contribution in [1.29, 1.82) is 0 Å². The van der Waals surface area contributed by atoms with E-state index in [0.29, 0.717) is 30.2 Å². The third kappa shape index (κ3) is 3.79. The van der Waals surface area contributed by atoms with E-state index >= 15 is 0 Å². The van der Waals surface area contributed by atoms with E-state index in [4.69, 9.17) is 9.47 Å². The largest absolute Gasteiger partial charge is 0.497 e. The fourth-order valence-electron chi connectivity index (χ4n) is 3.03. The molecule has 1 atom stereocenters. The average molecular weight is 354 g/mol. The van der Waals surface area contributed by atoms with Crippen LogP contribution in [0.15, 0.2) is 48.5 Å². The van der Waals surface area contributed by atoms with Crippen LogP contribution in [0.3, 0.4) is 0 Å². The van der Waals surface area contributed by atoms with Gasteiger partial charge in [0.05, 0.1) is 25.3 Å². The zero-order valence-corrected chi connectivity index (χ0v) is 14.9. The number of rotatable bonds is 6. The molecule has 0 spiro atoms. The predicted molar refractivity (Wildman–Crippen MR) is 98.8 cm³/mol. The van der Waals surface area contributed by atoms with Gasteiger partial charge in [0.25, 0.3) is 5.91 Å². The van der Waals surface area contributed by atoms with Gasteiger partial charge in [0.15, 0.2) is 0 Å². The summed E-state index contributed by atoms with van der Waals surface area (Å²) in [6, 6.07) is 14.2. The highest BCUT2D eigenvalue weighted by molar-refractivity contribution is 6.00. The van der Waals surface area contributed by atoms with Crippen molar-refractivity contribution >= 4 is 17.5 Å². The zero-order chi connectivity index (χ0) is 18.5. The minimum absolute atomic E-state index is 0.0263. The molecule has 0 unspecified atom stereocenters. The van der Waals surface area contributed by atoms with Crippen LogP contribution in [-0.2, 0) is 4.79 Å². The van der Waals surface area contributed by atoms with E-state index in [9.17, 15) is 9.59 Å². The number of amides is 2. The van der Waals surface area contributed by atoms with E-state index in [1.165, 1.54) is 0 Å². The topological polar surface area (TPSA) is 67.9 Å². The van der Waals surface area contributed by atoms with Gasteiger partial charge >= 0.3 is 0 Å². The summed E-state index contributed by atoms with van der Waals surface area (Å²) in [4.78, 5) is 26.7. The molecule has 3 rings (SSSR count). The van der Waals surface area contributed by atoms with E-state index < -0.39 is 0 Å². The molecule has 1 aliphatic heterocycles. The van der Waals surface area contributed by atoms with Crippen molar-refractivity contribution in [2.75, 3.05) is 25.2 Å². The summed E-state index contributed by atoms with van der Waals surface area (Å²) in [7, 11) is 1.59. The number of para-hydroxylation sites is 1. The van der Waals surface area contributed by atoms with Gasteiger partial charge in [0.2, 0.25) is 5.91 Å². The number of anilines is 1. The Hall–Kier alpha value is -3.02. The van der Waals surface area contributed by atoms with E-state index in [2.05, 4.69) is 5.32 Å². The lowest BCUT2D eigenvalue weighted by molar-refractivity contribution is -0.117. The molecule has 1 heterocycles. The van der Waals surface area contributed by atoms with Crippen molar-refractivity contribution in [2.24, 2.45) is 0 Å². The maximum Gasteiger partial charge on any atom is 0.255 e. The molecule has 0 aliphatic carbocycles. The normalized spacial score (nSPS) is 16.5. The number of carbonyl (C=O) groups is 2. The van der Waals surface area contributed by atoms with Crippen LogP contribution in [0.2, 0.25) is 0 Å². The van der Waals surface area contributed by atoms with Crippen LogP contribution in [0.5, 0.6) is 11.5 Å². The van der Waals surface area contributed by atoms with Crippen LogP contribution >= 0.6 is 0 Å². The molecule has 0 aromatic heterocycles. The lowest BCUT2D eigenvalue weighted by Gasteiger charge is -2.18. The third-order valence-electron chi connectivity index (χ3n) is 4.26. The number of ether oxygens (including phenoxy) is 2. The van der Waals surface area contributed by atoms with Gasteiger partial charge in [-0.15, -0.1) is 0 Å². The molecule has 1 aliphatic rings. The first kappa shape index (κ1) is 17.8. The van der Waals surface area contributed by atoms with Crippen LogP contribution in [0.25, 0.3) is 0 Å². The Labute approximate surface area is 152 Å². The minimum Gasteiger partial charge on any atom is -0.497 e. The molecule has 2 aromatic carbocycles. The molecule has 1 fully saturated rings. The fourth-order valence-corrected chi connectivity index (χ4v) is 3.03. The highest BCUT2D eigenvalue weighted by Gasteiger charge is 2.32. The van der Waals surface area contributed by atoms with Crippen molar-refractivity contribution in [1.82, 2.24) is 5.32 Å². The number of carbonyl (C=O) groups excluding carboxylic acids is 2. The molecule has 136 valence electrons.